The largest absolute Gasteiger partial charge is 0.466 e. The molecule has 0 aliphatic rings. The van der Waals surface area contributed by atoms with Crippen LogP contribution in [0.15, 0.2) is 0 Å². The minimum Gasteiger partial charge on any atom is -0.466 e. The third kappa shape index (κ3) is 8.62. The highest BCUT2D eigenvalue weighted by Gasteiger charge is 2.27. The highest BCUT2D eigenvalue weighted by molar-refractivity contribution is 5.80. The fraction of sp³-hybridized carbons (Fsp3) is 0.867. The van der Waals surface area contributed by atoms with Crippen LogP contribution in [0.1, 0.15) is 59.8 Å². The summed E-state index contributed by atoms with van der Waals surface area (Å²) in [6.45, 7) is 8.79. The average Bonchev–Trinajstić information content (AvgIpc) is 2.36. The number of ether oxygens (including phenoxy) is 2. The van der Waals surface area contributed by atoms with Crippen LogP contribution in [0.3, 0.4) is 0 Å². The summed E-state index contributed by atoms with van der Waals surface area (Å²) in [4.78, 5) is 23.5. The maximum absolute atomic E-state index is 11.9. The SMILES string of the molecule is CCCCOC(=O)CC(C(=O)OCCCC)C(C)C. The first-order valence-electron chi connectivity index (χ1n) is 7.35. The van der Waals surface area contributed by atoms with Crippen molar-refractivity contribution in [1.82, 2.24) is 0 Å². The number of unbranched alkanes of at least 4 members (excludes halogenated alkanes) is 2. The van der Waals surface area contributed by atoms with Gasteiger partial charge in [0, 0.05) is 0 Å². The van der Waals surface area contributed by atoms with Crippen molar-refractivity contribution in [2.45, 2.75) is 59.8 Å². The number of esters is 2. The standard InChI is InChI=1S/C15H28O4/c1-5-7-9-18-14(16)11-13(12(3)4)15(17)19-10-8-6-2/h12-13H,5-11H2,1-4H3. The Morgan fingerprint density at radius 1 is 0.947 bits per heavy atom. The van der Waals surface area contributed by atoms with E-state index in [1.54, 1.807) is 0 Å². The minimum absolute atomic E-state index is 0.0767. The molecule has 0 radical (unpaired) electrons. The molecule has 19 heavy (non-hydrogen) atoms. The van der Waals surface area contributed by atoms with E-state index in [1.165, 1.54) is 0 Å². The Labute approximate surface area is 116 Å². The van der Waals surface area contributed by atoms with Crippen LogP contribution in [0.25, 0.3) is 0 Å². The van der Waals surface area contributed by atoms with Gasteiger partial charge in [0.15, 0.2) is 0 Å². The van der Waals surface area contributed by atoms with Crippen molar-refractivity contribution >= 4 is 11.9 Å². The molecule has 0 bridgehead atoms. The van der Waals surface area contributed by atoms with Crippen LogP contribution in [0.2, 0.25) is 0 Å². The van der Waals surface area contributed by atoms with E-state index in [-0.39, 0.29) is 24.3 Å². The molecule has 0 saturated heterocycles. The Morgan fingerprint density at radius 2 is 1.47 bits per heavy atom. The predicted octanol–water partition coefficient (Wildman–Crippen LogP) is 3.34. The molecule has 0 aromatic heterocycles. The van der Waals surface area contributed by atoms with Gasteiger partial charge in [-0.2, -0.15) is 0 Å². The second-order valence-electron chi connectivity index (χ2n) is 5.15. The predicted molar refractivity (Wildman–Crippen MR) is 74.7 cm³/mol. The van der Waals surface area contributed by atoms with Crippen LogP contribution in [0.5, 0.6) is 0 Å². The molecule has 0 saturated carbocycles. The lowest BCUT2D eigenvalue weighted by Gasteiger charge is -2.18. The van der Waals surface area contributed by atoms with Crippen molar-refractivity contribution in [2.75, 3.05) is 13.2 Å². The van der Waals surface area contributed by atoms with Gasteiger partial charge in [0.05, 0.1) is 25.6 Å². The molecule has 0 aromatic rings. The maximum atomic E-state index is 11.9. The molecular formula is C15H28O4. The van der Waals surface area contributed by atoms with E-state index in [9.17, 15) is 9.59 Å². The Hall–Kier alpha value is -1.06. The Bertz CT molecular complexity index is 261. The fourth-order valence-electron chi connectivity index (χ4n) is 1.58. The van der Waals surface area contributed by atoms with Crippen LogP contribution in [-0.2, 0) is 19.1 Å². The molecule has 0 N–H and O–H groups in total. The first-order valence-corrected chi connectivity index (χ1v) is 7.35. The first kappa shape index (κ1) is 17.9. The molecule has 1 unspecified atom stereocenters. The first-order chi connectivity index (χ1) is 9.02. The van der Waals surface area contributed by atoms with Gasteiger partial charge in [-0.25, -0.2) is 0 Å². The Morgan fingerprint density at radius 3 is 1.95 bits per heavy atom. The van der Waals surface area contributed by atoms with E-state index in [1.807, 2.05) is 27.7 Å². The lowest BCUT2D eigenvalue weighted by atomic mass is 9.93. The Kier molecular flexibility index (Phi) is 10.2. The van der Waals surface area contributed by atoms with Gasteiger partial charge < -0.3 is 9.47 Å². The van der Waals surface area contributed by atoms with Gasteiger partial charge in [-0.15, -0.1) is 0 Å². The number of carbonyl (C=O) groups is 2. The molecule has 0 spiro atoms. The molecule has 4 nitrogen and oxygen atoms in total. The normalized spacial score (nSPS) is 12.3. The van der Waals surface area contributed by atoms with Crippen LogP contribution in [0.4, 0.5) is 0 Å². The van der Waals surface area contributed by atoms with Crippen LogP contribution < -0.4 is 0 Å². The van der Waals surface area contributed by atoms with Gasteiger partial charge in [-0.05, 0) is 18.8 Å². The van der Waals surface area contributed by atoms with Gasteiger partial charge in [0.2, 0.25) is 0 Å². The monoisotopic (exact) mass is 272 g/mol. The van der Waals surface area contributed by atoms with E-state index in [4.69, 9.17) is 9.47 Å². The molecule has 0 heterocycles. The second-order valence-corrected chi connectivity index (χ2v) is 5.15. The van der Waals surface area contributed by atoms with Crippen LogP contribution >= 0.6 is 0 Å². The van der Waals surface area contributed by atoms with Gasteiger partial charge in [0.25, 0.3) is 0 Å². The van der Waals surface area contributed by atoms with Crippen LogP contribution in [0, 0.1) is 11.8 Å². The van der Waals surface area contributed by atoms with Crippen molar-refractivity contribution in [2.24, 2.45) is 11.8 Å². The lowest BCUT2D eigenvalue weighted by molar-refractivity contribution is -0.157. The van der Waals surface area contributed by atoms with E-state index < -0.39 is 5.92 Å². The minimum atomic E-state index is -0.397. The molecule has 1 atom stereocenters. The zero-order chi connectivity index (χ0) is 14.7. The summed E-state index contributed by atoms with van der Waals surface area (Å²) in [5.41, 5.74) is 0. The topological polar surface area (TPSA) is 52.6 Å². The average molecular weight is 272 g/mol. The summed E-state index contributed by atoms with van der Waals surface area (Å²) in [6.07, 6.45) is 3.81. The van der Waals surface area contributed by atoms with E-state index in [0.717, 1.165) is 25.7 Å². The van der Waals surface area contributed by atoms with Crippen molar-refractivity contribution in [3.05, 3.63) is 0 Å². The second kappa shape index (κ2) is 10.8. The van der Waals surface area contributed by atoms with Gasteiger partial charge in [-0.1, -0.05) is 40.5 Å². The quantitative estimate of drug-likeness (QED) is 0.452. The molecular weight excluding hydrogens is 244 g/mol. The highest BCUT2D eigenvalue weighted by Crippen LogP contribution is 2.18. The molecule has 0 aromatic carbocycles. The van der Waals surface area contributed by atoms with E-state index in [2.05, 4.69) is 0 Å². The Balaban J connectivity index is 4.16. The number of carbonyl (C=O) groups excluding carboxylic acids is 2. The number of hydrogen-bond acceptors (Lipinski definition) is 4. The summed E-state index contributed by atoms with van der Waals surface area (Å²) in [5, 5.41) is 0. The molecule has 112 valence electrons. The molecule has 0 aliphatic heterocycles. The van der Waals surface area contributed by atoms with Gasteiger partial charge in [0.1, 0.15) is 0 Å². The van der Waals surface area contributed by atoms with Crippen molar-refractivity contribution in [1.29, 1.82) is 0 Å². The number of hydrogen-bond donors (Lipinski definition) is 0. The third-order valence-electron chi connectivity index (χ3n) is 3.00. The zero-order valence-electron chi connectivity index (χ0n) is 12.7. The molecule has 0 amide bonds. The summed E-state index contributed by atoms with van der Waals surface area (Å²) in [5.74, 6) is -0.908. The zero-order valence-corrected chi connectivity index (χ0v) is 12.7. The van der Waals surface area contributed by atoms with E-state index >= 15 is 0 Å². The van der Waals surface area contributed by atoms with Gasteiger partial charge in [-0.3, -0.25) is 9.59 Å². The van der Waals surface area contributed by atoms with Crippen molar-refractivity contribution in [3.8, 4) is 0 Å². The smallest absolute Gasteiger partial charge is 0.309 e. The summed E-state index contributed by atoms with van der Waals surface area (Å²) in [6, 6.07) is 0. The highest BCUT2D eigenvalue weighted by atomic mass is 16.5. The molecule has 4 heteroatoms. The lowest BCUT2D eigenvalue weighted by Crippen LogP contribution is -2.26. The van der Waals surface area contributed by atoms with Crippen LogP contribution in [-0.4, -0.2) is 25.2 Å². The van der Waals surface area contributed by atoms with Crippen molar-refractivity contribution < 1.29 is 19.1 Å². The fourth-order valence-corrected chi connectivity index (χ4v) is 1.58. The van der Waals surface area contributed by atoms with Gasteiger partial charge >= 0.3 is 11.9 Å². The molecule has 0 aliphatic carbocycles. The van der Waals surface area contributed by atoms with Crippen molar-refractivity contribution in [3.63, 3.8) is 0 Å². The molecule has 0 rings (SSSR count). The molecule has 0 fully saturated rings. The van der Waals surface area contributed by atoms with E-state index in [0.29, 0.717) is 13.2 Å². The number of rotatable bonds is 10. The summed E-state index contributed by atoms with van der Waals surface area (Å²) < 4.78 is 10.3. The summed E-state index contributed by atoms with van der Waals surface area (Å²) >= 11 is 0. The third-order valence-corrected chi connectivity index (χ3v) is 3.00. The summed E-state index contributed by atoms with van der Waals surface area (Å²) in [7, 11) is 0. The maximum Gasteiger partial charge on any atom is 0.309 e.